The summed E-state index contributed by atoms with van der Waals surface area (Å²) in [5.74, 6) is -1.39. The van der Waals surface area contributed by atoms with Gasteiger partial charge in [-0.25, -0.2) is 4.79 Å². The number of carbonyl (C=O) groups excluding carboxylic acids is 1. The van der Waals surface area contributed by atoms with Gasteiger partial charge in [-0.05, 0) is 97.2 Å². The molecule has 0 aliphatic heterocycles. The molecule has 0 saturated heterocycles. The predicted molar refractivity (Wildman–Crippen MR) is 170 cm³/mol. The predicted octanol–water partition coefficient (Wildman–Crippen LogP) is 2.02. The molecule has 0 aromatic heterocycles. The number of carbonyl (C=O) groups is 2. The van der Waals surface area contributed by atoms with E-state index in [1.807, 2.05) is 0 Å². The summed E-state index contributed by atoms with van der Waals surface area (Å²) < 4.78 is 5.48. The van der Waals surface area contributed by atoms with E-state index in [4.69, 9.17) is 9.84 Å². The van der Waals surface area contributed by atoms with Crippen LogP contribution in [0, 0.1) is 56.7 Å². The number of esters is 1. The van der Waals surface area contributed by atoms with Crippen molar-refractivity contribution in [1.82, 2.24) is 0 Å². The molecule has 0 aromatic rings. The second kappa shape index (κ2) is 12.3. The number of fused-ring (bicyclic) bond motifs is 7. The maximum atomic E-state index is 13.0. The van der Waals surface area contributed by atoms with Gasteiger partial charge in [0.25, 0.3) is 0 Å². The van der Waals surface area contributed by atoms with Gasteiger partial charge in [-0.3, -0.25) is 4.79 Å². The van der Waals surface area contributed by atoms with Gasteiger partial charge in [-0.15, -0.1) is 0 Å². The normalized spacial score (nSPS) is 48.7. The van der Waals surface area contributed by atoms with Crippen LogP contribution < -0.4 is 0 Å². The molecule has 5 rings (SSSR count). The van der Waals surface area contributed by atoms with E-state index >= 15 is 0 Å². The zero-order chi connectivity index (χ0) is 35.1. The van der Waals surface area contributed by atoms with Crippen molar-refractivity contribution in [1.29, 1.82) is 0 Å². The number of aliphatic hydroxyl groups is 7. The van der Waals surface area contributed by atoms with E-state index in [-0.39, 0.29) is 41.1 Å². The Labute approximate surface area is 278 Å². The maximum absolute atomic E-state index is 13.0. The van der Waals surface area contributed by atoms with E-state index in [1.165, 1.54) is 5.57 Å². The molecule has 0 heterocycles. The fourth-order valence-corrected chi connectivity index (χ4v) is 12.0. The first-order valence-corrected chi connectivity index (χ1v) is 17.6. The SMILES string of the molecule is CC1CCC2(C(=O)O)CCC3(C)C(=CCC4C5(C)CC(O)C(O)C(C)(COC(=O)C(O)C(O)C(O)C(O)CO)C5CCC43C)C2C1C. The molecule has 4 fully saturated rings. The molecule has 0 radical (unpaired) electrons. The van der Waals surface area contributed by atoms with Crippen molar-refractivity contribution < 1.29 is 55.2 Å². The molecule has 0 aromatic carbocycles. The van der Waals surface area contributed by atoms with Gasteiger partial charge in [-0.2, -0.15) is 0 Å². The third-order valence-corrected chi connectivity index (χ3v) is 15.2. The Kier molecular flexibility index (Phi) is 9.61. The first-order valence-electron chi connectivity index (χ1n) is 17.6. The first kappa shape index (κ1) is 36.7. The van der Waals surface area contributed by atoms with Gasteiger partial charge in [0.1, 0.15) is 18.3 Å². The standard InChI is InChI=1S/C36H58O11/c1-18-9-12-36(31(45)46)14-13-34(5)20(25(36)19(18)2)7-8-24-32(3)15-21(38)29(43)33(4,23(32)10-11-35(24,34)6)17-47-30(44)28(42)27(41)26(40)22(39)16-37/h7,18-19,21-29,37-43H,8-17H2,1-6H3,(H,45,46). The fraction of sp³-hybridized carbons (Fsp3) is 0.889. The monoisotopic (exact) mass is 666 g/mol. The average Bonchev–Trinajstić information content (AvgIpc) is 3.02. The van der Waals surface area contributed by atoms with Gasteiger partial charge < -0.3 is 45.6 Å². The molecule has 5 aliphatic carbocycles. The van der Waals surface area contributed by atoms with E-state index in [2.05, 4.69) is 40.7 Å². The number of carboxylic acids is 1. The Bertz CT molecular complexity index is 1260. The Morgan fingerprint density at radius 1 is 0.936 bits per heavy atom. The zero-order valence-electron chi connectivity index (χ0n) is 28.8. The molecule has 268 valence electrons. The van der Waals surface area contributed by atoms with Crippen LogP contribution in [-0.4, -0.2) is 103 Å². The summed E-state index contributed by atoms with van der Waals surface area (Å²) in [6.07, 6.45) is -2.55. The highest BCUT2D eigenvalue weighted by Gasteiger charge is 2.71. The number of rotatable bonds is 8. The van der Waals surface area contributed by atoms with Crippen molar-refractivity contribution in [2.75, 3.05) is 13.2 Å². The van der Waals surface area contributed by atoms with Gasteiger partial charge >= 0.3 is 11.9 Å². The smallest absolute Gasteiger partial charge is 0.337 e. The van der Waals surface area contributed by atoms with Gasteiger partial charge in [0.15, 0.2) is 6.10 Å². The van der Waals surface area contributed by atoms with Crippen LogP contribution in [0.4, 0.5) is 0 Å². The largest absolute Gasteiger partial charge is 0.481 e. The minimum Gasteiger partial charge on any atom is -0.481 e. The summed E-state index contributed by atoms with van der Waals surface area (Å²) >= 11 is 0. The Morgan fingerprint density at radius 3 is 2.21 bits per heavy atom. The molecule has 11 nitrogen and oxygen atoms in total. The van der Waals surface area contributed by atoms with Crippen molar-refractivity contribution >= 4 is 11.9 Å². The number of aliphatic hydroxyl groups excluding tert-OH is 7. The molecule has 8 N–H and O–H groups in total. The molecular formula is C36H58O11. The summed E-state index contributed by atoms with van der Waals surface area (Å²) in [6, 6.07) is 0. The van der Waals surface area contributed by atoms with Crippen LogP contribution in [0.1, 0.15) is 92.9 Å². The summed E-state index contributed by atoms with van der Waals surface area (Å²) in [5, 5.41) is 82.7. The Balaban J connectivity index is 1.46. The lowest BCUT2D eigenvalue weighted by Gasteiger charge is -2.71. The number of allylic oxidation sites excluding steroid dienone is 2. The lowest BCUT2D eigenvalue weighted by Crippen LogP contribution is -2.68. The number of carboxylic acid groups (broad SMARTS) is 1. The highest BCUT2D eigenvalue weighted by molar-refractivity contribution is 5.77. The van der Waals surface area contributed by atoms with E-state index in [9.17, 15) is 45.3 Å². The molecule has 0 amide bonds. The lowest BCUT2D eigenvalue weighted by atomic mass is 9.33. The number of aliphatic carboxylic acids is 1. The minimum absolute atomic E-state index is 0.0342. The van der Waals surface area contributed by atoms with Crippen molar-refractivity contribution in [2.45, 2.75) is 130 Å². The maximum Gasteiger partial charge on any atom is 0.337 e. The summed E-state index contributed by atoms with van der Waals surface area (Å²) in [7, 11) is 0. The van der Waals surface area contributed by atoms with Crippen LogP contribution >= 0.6 is 0 Å². The van der Waals surface area contributed by atoms with Crippen LogP contribution in [0.3, 0.4) is 0 Å². The van der Waals surface area contributed by atoms with E-state index < -0.39 is 71.4 Å². The van der Waals surface area contributed by atoms with Gasteiger partial charge in [0.2, 0.25) is 0 Å². The molecule has 16 unspecified atom stereocenters. The van der Waals surface area contributed by atoms with Gasteiger partial charge in [0.05, 0.1) is 30.8 Å². The van der Waals surface area contributed by atoms with Crippen LogP contribution in [-0.2, 0) is 14.3 Å². The molecular weight excluding hydrogens is 608 g/mol. The van der Waals surface area contributed by atoms with Crippen molar-refractivity contribution in [3.8, 4) is 0 Å². The minimum atomic E-state index is -2.21. The summed E-state index contributed by atoms with van der Waals surface area (Å²) in [6.45, 7) is 11.8. The second-order valence-electron chi connectivity index (χ2n) is 17.1. The first-order chi connectivity index (χ1) is 21.8. The topological polar surface area (TPSA) is 205 Å². The summed E-state index contributed by atoms with van der Waals surface area (Å²) in [5.41, 5.74) is -1.51. The highest BCUT2D eigenvalue weighted by Crippen LogP contribution is 2.75. The lowest BCUT2D eigenvalue weighted by molar-refractivity contribution is -0.247. The fourth-order valence-electron chi connectivity index (χ4n) is 12.0. The molecule has 16 atom stereocenters. The Hall–Kier alpha value is -1.60. The van der Waals surface area contributed by atoms with Crippen molar-refractivity contribution in [2.24, 2.45) is 56.7 Å². The number of hydrogen-bond acceptors (Lipinski definition) is 10. The van der Waals surface area contributed by atoms with Crippen LogP contribution in [0.5, 0.6) is 0 Å². The average molecular weight is 667 g/mol. The highest BCUT2D eigenvalue weighted by atomic mass is 16.6. The number of hydrogen-bond donors (Lipinski definition) is 8. The van der Waals surface area contributed by atoms with Crippen LogP contribution in [0.15, 0.2) is 11.6 Å². The summed E-state index contributed by atoms with van der Waals surface area (Å²) in [4.78, 5) is 25.8. The van der Waals surface area contributed by atoms with E-state index in [0.29, 0.717) is 31.6 Å². The molecule has 4 saturated carbocycles. The van der Waals surface area contributed by atoms with Crippen molar-refractivity contribution in [3.05, 3.63) is 11.6 Å². The Morgan fingerprint density at radius 2 is 1.60 bits per heavy atom. The van der Waals surface area contributed by atoms with Crippen LogP contribution in [0.25, 0.3) is 0 Å². The quantitative estimate of drug-likeness (QED) is 0.139. The third kappa shape index (κ3) is 5.16. The van der Waals surface area contributed by atoms with E-state index in [1.54, 1.807) is 6.92 Å². The van der Waals surface area contributed by atoms with Gasteiger partial charge in [-0.1, -0.05) is 53.2 Å². The van der Waals surface area contributed by atoms with Crippen molar-refractivity contribution in [3.63, 3.8) is 0 Å². The van der Waals surface area contributed by atoms with E-state index in [0.717, 1.165) is 25.7 Å². The van der Waals surface area contributed by atoms with Crippen LogP contribution in [0.2, 0.25) is 0 Å². The molecule has 47 heavy (non-hydrogen) atoms. The second-order valence-corrected chi connectivity index (χ2v) is 17.1. The molecule has 5 aliphatic rings. The van der Waals surface area contributed by atoms with Gasteiger partial charge in [0, 0.05) is 5.41 Å². The molecule has 0 spiro atoms. The molecule has 0 bridgehead atoms. The zero-order valence-corrected chi connectivity index (χ0v) is 28.8. The molecule has 11 heteroatoms. The number of ether oxygens (including phenoxy) is 1. The third-order valence-electron chi connectivity index (χ3n) is 15.2.